The van der Waals surface area contributed by atoms with Gasteiger partial charge in [0.2, 0.25) is 0 Å². The number of carbonyl (C=O) groups excluding carboxylic acids is 1. The lowest BCUT2D eigenvalue weighted by Gasteiger charge is -2.35. The van der Waals surface area contributed by atoms with E-state index in [-0.39, 0.29) is 11.6 Å². The van der Waals surface area contributed by atoms with Crippen molar-refractivity contribution < 1.29 is 23.0 Å². The van der Waals surface area contributed by atoms with Crippen molar-refractivity contribution >= 4 is 39.5 Å². The molecule has 4 aliphatic heterocycles. The van der Waals surface area contributed by atoms with Crippen molar-refractivity contribution in [3.8, 4) is 11.5 Å². The average Bonchev–Trinajstić information content (AvgIpc) is 3.33. The van der Waals surface area contributed by atoms with Crippen molar-refractivity contribution in [2.24, 2.45) is 5.73 Å². The van der Waals surface area contributed by atoms with Gasteiger partial charge in [-0.15, -0.1) is 0 Å². The van der Waals surface area contributed by atoms with Gasteiger partial charge in [-0.05, 0) is 96.1 Å². The number of halogens is 2. The average molecular weight is 859 g/mol. The Morgan fingerprint density at radius 1 is 0.651 bits per heavy atom. The number of nitrogens with one attached hydrogen (secondary N) is 1. The minimum absolute atomic E-state index is 0.214. The lowest BCUT2D eigenvalue weighted by molar-refractivity contribution is 0.111. The van der Waals surface area contributed by atoms with Crippen LogP contribution >= 0.6 is 0 Å². The molecule has 0 unspecified atom stereocenters. The summed E-state index contributed by atoms with van der Waals surface area (Å²) in [6.45, 7) is 13.4. The van der Waals surface area contributed by atoms with Crippen LogP contribution in [0.4, 0.5) is 20.4 Å². The first-order valence-electron chi connectivity index (χ1n) is 22.1. The quantitative estimate of drug-likeness (QED) is 0.129. The van der Waals surface area contributed by atoms with Crippen LogP contribution in [0.25, 0.3) is 21.5 Å². The number of hydrogen-bond donors (Lipinski definition) is 2. The smallest absolute Gasteiger partial charge is 0.168 e. The molecule has 0 aliphatic carbocycles. The Labute approximate surface area is 367 Å². The fourth-order valence-corrected chi connectivity index (χ4v) is 8.50. The van der Waals surface area contributed by atoms with Crippen molar-refractivity contribution in [1.82, 2.24) is 35.1 Å². The molecule has 0 radical (unpaired) electrons. The van der Waals surface area contributed by atoms with Crippen molar-refractivity contribution in [2.75, 3.05) is 102 Å². The lowest BCUT2D eigenvalue weighted by atomic mass is 10.1. The third-order valence-electron chi connectivity index (χ3n) is 11.9. The molecule has 13 nitrogen and oxygen atoms in total. The molecule has 4 aromatic heterocycles. The van der Waals surface area contributed by atoms with Gasteiger partial charge in [-0.3, -0.25) is 19.6 Å². The molecule has 330 valence electrons. The first kappa shape index (κ1) is 43.8. The van der Waals surface area contributed by atoms with E-state index in [1.807, 2.05) is 30.6 Å². The van der Waals surface area contributed by atoms with Gasteiger partial charge in [0.1, 0.15) is 40.5 Å². The zero-order chi connectivity index (χ0) is 43.4. The van der Waals surface area contributed by atoms with Gasteiger partial charge in [-0.1, -0.05) is 12.1 Å². The number of rotatable bonds is 10. The number of aromatic nitrogens is 4. The summed E-state index contributed by atoms with van der Waals surface area (Å²) < 4.78 is 38.2. The van der Waals surface area contributed by atoms with Gasteiger partial charge in [0.05, 0.1) is 31.3 Å². The van der Waals surface area contributed by atoms with Crippen LogP contribution < -0.4 is 30.3 Å². The van der Waals surface area contributed by atoms with E-state index < -0.39 is 0 Å². The van der Waals surface area contributed by atoms with Gasteiger partial charge < -0.3 is 30.3 Å². The van der Waals surface area contributed by atoms with E-state index >= 15 is 0 Å². The van der Waals surface area contributed by atoms with Crippen LogP contribution in [-0.2, 0) is 19.4 Å². The van der Waals surface area contributed by atoms with E-state index in [4.69, 9.17) is 15.2 Å². The molecule has 10 rings (SSSR count). The second kappa shape index (κ2) is 21.5. The molecule has 0 bridgehead atoms. The summed E-state index contributed by atoms with van der Waals surface area (Å²) in [5, 5.41) is 7.35. The summed E-state index contributed by atoms with van der Waals surface area (Å²) in [5.74, 6) is 3.11. The monoisotopic (exact) mass is 858 g/mol. The molecule has 63 heavy (non-hydrogen) atoms. The molecule has 15 heteroatoms. The van der Waals surface area contributed by atoms with E-state index in [1.165, 1.54) is 17.7 Å². The molecule has 0 spiro atoms. The number of anilines is 2. The van der Waals surface area contributed by atoms with Gasteiger partial charge in [0, 0.05) is 108 Å². The van der Waals surface area contributed by atoms with Gasteiger partial charge in [0.25, 0.3) is 0 Å². The number of hydrogen-bond acceptors (Lipinski definition) is 13. The number of ether oxygens (including phenoxy) is 2. The van der Waals surface area contributed by atoms with Crippen LogP contribution in [0.3, 0.4) is 0 Å². The zero-order valence-electron chi connectivity index (χ0n) is 35.7. The maximum Gasteiger partial charge on any atom is 0.168 e. The SMILES string of the molecule is Fc1ccc2ccnc(N3CCN(CCNCc4cc5c(cn4)OCCC5)CC3)c2c1.NCCN1CCN(c2nccc3ccc(F)cc23)CC1.O=Cc1cc2c(cn1)OCCC2. The molecule has 6 aromatic rings. The highest BCUT2D eigenvalue weighted by atomic mass is 19.1. The second-order valence-electron chi connectivity index (χ2n) is 16.1. The summed E-state index contributed by atoms with van der Waals surface area (Å²) in [6, 6.07) is 17.6. The molecule has 8 heterocycles. The molecule has 4 aliphatic rings. The highest BCUT2D eigenvalue weighted by Gasteiger charge is 2.21. The van der Waals surface area contributed by atoms with Crippen LogP contribution in [0, 0.1) is 11.6 Å². The summed E-state index contributed by atoms with van der Waals surface area (Å²) in [4.78, 5) is 37.1. The number of aryl methyl sites for hydroxylation is 2. The highest BCUT2D eigenvalue weighted by Crippen LogP contribution is 2.28. The van der Waals surface area contributed by atoms with Crippen LogP contribution in [0.2, 0.25) is 0 Å². The van der Waals surface area contributed by atoms with Crippen molar-refractivity contribution in [3.05, 3.63) is 120 Å². The number of benzene rings is 2. The van der Waals surface area contributed by atoms with Crippen molar-refractivity contribution in [3.63, 3.8) is 0 Å². The van der Waals surface area contributed by atoms with E-state index in [1.54, 1.807) is 36.7 Å². The molecule has 0 amide bonds. The maximum atomic E-state index is 13.8. The topological polar surface area (TPSA) is 138 Å². The molecule has 3 N–H and O–H groups in total. The Balaban J connectivity index is 0.000000145. The molecular weight excluding hydrogens is 803 g/mol. The van der Waals surface area contributed by atoms with Gasteiger partial charge in [0.15, 0.2) is 6.29 Å². The largest absolute Gasteiger partial charge is 0.492 e. The minimum atomic E-state index is -0.215. The van der Waals surface area contributed by atoms with Crippen LogP contribution in [0.5, 0.6) is 11.5 Å². The third kappa shape index (κ3) is 11.4. The van der Waals surface area contributed by atoms with Gasteiger partial charge in [-0.2, -0.15) is 0 Å². The van der Waals surface area contributed by atoms with Crippen LogP contribution in [0.1, 0.15) is 40.2 Å². The number of piperazine rings is 2. The van der Waals surface area contributed by atoms with E-state index in [0.29, 0.717) is 12.2 Å². The molecular formula is C48H56F2N10O3. The van der Waals surface area contributed by atoms with E-state index in [9.17, 15) is 13.6 Å². The predicted octanol–water partition coefficient (Wildman–Crippen LogP) is 5.68. The predicted molar refractivity (Wildman–Crippen MR) is 243 cm³/mol. The molecule has 0 saturated carbocycles. The molecule has 2 aromatic carbocycles. The molecule has 0 atom stereocenters. The summed E-state index contributed by atoms with van der Waals surface area (Å²) in [5.41, 5.74) is 9.51. The van der Waals surface area contributed by atoms with Gasteiger partial charge in [-0.25, -0.2) is 23.7 Å². The fraction of sp³-hybridized carbons (Fsp3) is 0.396. The Morgan fingerprint density at radius 2 is 1.19 bits per heavy atom. The molecule has 2 saturated heterocycles. The van der Waals surface area contributed by atoms with Crippen molar-refractivity contribution in [2.45, 2.75) is 32.2 Å². The van der Waals surface area contributed by atoms with Crippen LogP contribution in [0.15, 0.2) is 85.5 Å². The van der Waals surface area contributed by atoms with E-state index in [2.05, 4.69) is 50.9 Å². The Morgan fingerprint density at radius 3 is 1.75 bits per heavy atom. The second-order valence-corrected chi connectivity index (χ2v) is 16.1. The number of nitrogens with zero attached hydrogens (tertiary/aromatic N) is 8. The lowest BCUT2D eigenvalue weighted by Crippen LogP contribution is -2.48. The third-order valence-corrected chi connectivity index (χ3v) is 11.9. The maximum absolute atomic E-state index is 13.8. The number of pyridine rings is 4. The minimum Gasteiger partial charge on any atom is -0.492 e. The Bertz CT molecular complexity index is 2460. The zero-order valence-corrected chi connectivity index (χ0v) is 35.7. The number of nitrogens with two attached hydrogens (primary N) is 1. The number of fused-ring (bicyclic) bond motifs is 4. The number of carbonyl (C=O) groups is 1. The first-order valence-corrected chi connectivity index (χ1v) is 22.1. The summed E-state index contributed by atoms with van der Waals surface area (Å²) >= 11 is 0. The van der Waals surface area contributed by atoms with Crippen LogP contribution in [-0.4, -0.2) is 128 Å². The standard InChI is InChI=1S/C24H28FN5O.C15H19FN4.C9H9NO2/c25-20-4-3-18-5-6-27-24(22(18)15-20)30-11-9-29(10-12-30)8-7-26-16-21-14-19-2-1-13-31-23(19)17-28-21;16-13-2-1-12-3-5-18-15(14(12)11-13)20-9-7-19(6-4-17)8-10-20;11-6-8-4-7-2-1-3-12-9(7)5-10-8/h3-6,14-15,17,26H,1-2,7-13,16H2;1-3,5,11H,4,6-10,17H2;4-6H,1-3H2. The van der Waals surface area contributed by atoms with Crippen molar-refractivity contribution in [1.29, 1.82) is 0 Å². The fourth-order valence-electron chi connectivity index (χ4n) is 8.50. The Hall–Kier alpha value is -5.87. The summed E-state index contributed by atoms with van der Waals surface area (Å²) in [6.07, 6.45) is 12.0. The highest BCUT2D eigenvalue weighted by molar-refractivity contribution is 5.93. The normalized spacial score (nSPS) is 16.4. The first-order chi connectivity index (χ1) is 30.9. The summed E-state index contributed by atoms with van der Waals surface area (Å²) in [7, 11) is 0. The van der Waals surface area contributed by atoms with E-state index in [0.717, 1.165) is 180 Å². The molecule has 2 fully saturated rings. The Kier molecular flexibility index (Phi) is 14.9. The van der Waals surface area contributed by atoms with Gasteiger partial charge >= 0.3 is 0 Å². The number of aldehydes is 1.